The van der Waals surface area contributed by atoms with Gasteiger partial charge < -0.3 is 9.64 Å². The summed E-state index contributed by atoms with van der Waals surface area (Å²) in [5, 5.41) is 11.1. The van der Waals surface area contributed by atoms with E-state index in [2.05, 4.69) is 59.3 Å². The molecule has 1 atom stereocenters. The Labute approximate surface area is 204 Å². The number of hydrogen-bond donors (Lipinski definition) is 0. The van der Waals surface area contributed by atoms with Gasteiger partial charge in [0, 0.05) is 42.9 Å². The van der Waals surface area contributed by atoms with Gasteiger partial charge in [-0.2, -0.15) is 5.10 Å². The zero-order valence-corrected chi connectivity index (χ0v) is 20.2. The summed E-state index contributed by atoms with van der Waals surface area (Å²) in [7, 11) is 0. The maximum absolute atomic E-state index is 6.74. The lowest BCUT2D eigenvalue weighted by Gasteiger charge is -2.51. The summed E-state index contributed by atoms with van der Waals surface area (Å²) in [4.78, 5) is 2.52. The van der Waals surface area contributed by atoms with Gasteiger partial charge in [-0.05, 0) is 47.5 Å². The zero-order chi connectivity index (χ0) is 22.6. The maximum atomic E-state index is 6.74. The fourth-order valence-corrected chi connectivity index (χ4v) is 6.16. The Hall–Kier alpha value is -2.27. The Morgan fingerprint density at radius 1 is 1.03 bits per heavy atom. The minimum atomic E-state index is -0.474. The summed E-state index contributed by atoms with van der Waals surface area (Å²) in [6, 6.07) is 18.9. The van der Waals surface area contributed by atoms with Crippen LogP contribution in [0.3, 0.4) is 0 Å². The van der Waals surface area contributed by atoms with Crippen molar-refractivity contribution in [2.45, 2.75) is 44.4 Å². The zero-order valence-electron chi connectivity index (χ0n) is 18.7. The van der Waals surface area contributed by atoms with E-state index in [1.165, 1.54) is 10.8 Å². The van der Waals surface area contributed by atoms with Gasteiger partial charge >= 0.3 is 0 Å². The van der Waals surface area contributed by atoms with E-state index in [1.54, 1.807) is 6.07 Å². The predicted molar refractivity (Wildman–Crippen MR) is 135 cm³/mol. The number of halogens is 2. The van der Waals surface area contributed by atoms with Gasteiger partial charge in [-0.3, -0.25) is 0 Å². The third kappa shape index (κ3) is 3.60. The summed E-state index contributed by atoms with van der Waals surface area (Å²) in [6.07, 6.45) is 3.77. The standard InChI is InChI=1S/C27H27Cl2N3O/c1-2-11-31-12-9-27(10-13-31)32-25(22-15-21(28)16-23(29)26(22)33-27)17-24(30-32)20-8-7-18-5-3-4-6-19(18)14-20/h3-8,14-16,25H,2,9-13,17H2,1H3/t25-/m1/s1. The lowest BCUT2D eigenvalue weighted by Crippen LogP contribution is -2.59. The Balaban J connectivity index is 1.42. The van der Waals surface area contributed by atoms with Gasteiger partial charge in [-0.1, -0.05) is 66.5 Å². The molecule has 1 saturated heterocycles. The second-order valence-electron chi connectivity index (χ2n) is 9.37. The molecule has 3 heterocycles. The van der Waals surface area contributed by atoms with Crippen LogP contribution in [-0.2, 0) is 0 Å². The van der Waals surface area contributed by atoms with Crippen LogP contribution in [-0.4, -0.2) is 41.0 Å². The molecule has 6 rings (SSSR count). The highest BCUT2D eigenvalue weighted by Gasteiger charge is 2.52. The molecule has 0 aromatic heterocycles. The summed E-state index contributed by atoms with van der Waals surface area (Å²) >= 11 is 13.1. The molecule has 0 amide bonds. The van der Waals surface area contributed by atoms with E-state index < -0.39 is 5.72 Å². The van der Waals surface area contributed by atoms with Crippen molar-refractivity contribution in [1.29, 1.82) is 0 Å². The minimum absolute atomic E-state index is 0.0733. The first-order valence-corrected chi connectivity index (χ1v) is 12.6. The fourth-order valence-electron chi connectivity index (χ4n) is 5.62. The number of nitrogens with zero attached hydrogens (tertiary/aromatic N) is 3. The molecule has 3 aliphatic rings. The molecule has 0 bridgehead atoms. The van der Waals surface area contributed by atoms with Gasteiger partial charge in [0.15, 0.2) is 0 Å². The molecule has 0 aliphatic carbocycles. The molecule has 3 aromatic carbocycles. The molecule has 0 unspecified atom stereocenters. The van der Waals surface area contributed by atoms with E-state index >= 15 is 0 Å². The van der Waals surface area contributed by atoms with Gasteiger partial charge in [-0.25, -0.2) is 5.01 Å². The Kier molecular flexibility index (Phi) is 5.28. The van der Waals surface area contributed by atoms with Crippen molar-refractivity contribution >= 4 is 39.7 Å². The van der Waals surface area contributed by atoms with Crippen molar-refractivity contribution < 1.29 is 4.74 Å². The van der Waals surface area contributed by atoms with Crippen molar-refractivity contribution in [3.8, 4) is 5.75 Å². The van der Waals surface area contributed by atoms with Crippen LogP contribution in [0, 0.1) is 0 Å². The van der Waals surface area contributed by atoms with Crippen LogP contribution in [0.2, 0.25) is 10.0 Å². The number of hydrazone groups is 1. The first-order valence-electron chi connectivity index (χ1n) is 11.8. The van der Waals surface area contributed by atoms with E-state index in [-0.39, 0.29) is 6.04 Å². The highest BCUT2D eigenvalue weighted by molar-refractivity contribution is 6.35. The van der Waals surface area contributed by atoms with Gasteiger partial charge in [0.25, 0.3) is 0 Å². The SMILES string of the molecule is CCCN1CCC2(CC1)Oc1c(Cl)cc(Cl)cc1[C@H]1CC(c3ccc4ccccc4c3)=NN12. The number of ether oxygens (including phenoxy) is 1. The summed E-state index contributed by atoms with van der Waals surface area (Å²) in [5.41, 5.74) is 2.82. The van der Waals surface area contributed by atoms with Crippen LogP contribution in [0.25, 0.3) is 10.8 Å². The summed E-state index contributed by atoms with van der Waals surface area (Å²) < 4.78 is 6.74. The molecular formula is C27H27Cl2N3O. The van der Waals surface area contributed by atoms with Crippen molar-refractivity contribution in [3.05, 3.63) is 75.8 Å². The van der Waals surface area contributed by atoms with Crippen LogP contribution in [0.15, 0.2) is 59.7 Å². The van der Waals surface area contributed by atoms with E-state index in [0.29, 0.717) is 10.0 Å². The minimum Gasteiger partial charge on any atom is -0.464 e. The van der Waals surface area contributed by atoms with Crippen molar-refractivity contribution in [1.82, 2.24) is 9.91 Å². The molecule has 6 heteroatoms. The monoisotopic (exact) mass is 479 g/mol. The third-order valence-corrected chi connectivity index (χ3v) is 7.77. The molecule has 33 heavy (non-hydrogen) atoms. The lowest BCUT2D eigenvalue weighted by molar-refractivity contribution is -0.149. The fraction of sp³-hybridized carbons (Fsp3) is 0.370. The number of likely N-dealkylation sites (tertiary alicyclic amines) is 1. The Bertz CT molecular complexity index is 1250. The predicted octanol–water partition coefficient (Wildman–Crippen LogP) is 6.89. The smallest absolute Gasteiger partial charge is 0.200 e. The average molecular weight is 480 g/mol. The van der Waals surface area contributed by atoms with E-state index in [4.69, 9.17) is 33.0 Å². The number of benzene rings is 3. The molecular weight excluding hydrogens is 453 g/mol. The van der Waals surface area contributed by atoms with Gasteiger partial charge in [-0.15, -0.1) is 0 Å². The lowest BCUT2D eigenvalue weighted by atomic mass is 9.90. The van der Waals surface area contributed by atoms with Gasteiger partial charge in [0.1, 0.15) is 5.75 Å². The van der Waals surface area contributed by atoms with Crippen molar-refractivity contribution in [2.75, 3.05) is 19.6 Å². The number of rotatable bonds is 3. The van der Waals surface area contributed by atoms with Crippen LogP contribution in [0.5, 0.6) is 5.75 Å². The van der Waals surface area contributed by atoms with E-state index in [9.17, 15) is 0 Å². The van der Waals surface area contributed by atoms with Crippen LogP contribution >= 0.6 is 23.2 Å². The van der Waals surface area contributed by atoms with E-state index in [0.717, 1.165) is 67.9 Å². The average Bonchev–Trinajstić information content (AvgIpc) is 3.28. The van der Waals surface area contributed by atoms with Crippen molar-refractivity contribution in [2.24, 2.45) is 5.10 Å². The van der Waals surface area contributed by atoms with E-state index in [1.807, 2.05) is 6.07 Å². The maximum Gasteiger partial charge on any atom is 0.200 e. The molecule has 0 saturated carbocycles. The van der Waals surface area contributed by atoms with Gasteiger partial charge in [0.2, 0.25) is 5.72 Å². The topological polar surface area (TPSA) is 28.1 Å². The molecule has 3 aromatic rings. The normalized spacial score (nSPS) is 21.6. The molecule has 1 spiro atoms. The second kappa shape index (κ2) is 8.19. The molecule has 170 valence electrons. The third-order valence-electron chi connectivity index (χ3n) is 7.28. The first-order chi connectivity index (χ1) is 16.1. The highest BCUT2D eigenvalue weighted by Crippen LogP contribution is 2.52. The highest BCUT2D eigenvalue weighted by atomic mass is 35.5. The summed E-state index contributed by atoms with van der Waals surface area (Å²) in [6.45, 7) is 5.35. The largest absolute Gasteiger partial charge is 0.464 e. The molecule has 0 radical (unpaired) electrons. The molecule has 0 N–H and O–H groups in total. The first kappa shape index (κ1) is 21.3. The van der Waals surface area contributed by atoms with Crippen molar-refractivity contribution in [3.63, 3.8) is 0 Å². The number of hydrogen-bond acceptors (Lipinski definition) is 4. The Morgan fingerprint density at radius 3 is 2.61 bits per heavy atom. The second-order valence-corrected chi connectivity index (χ2v) is 10.2. The van der Waals surface area contributed by atoms with Crippen LogP contribution in [0.4, 0.5) is 0 Å². The summed E-state index contributed by atoms with van der Waals surface area (Å²) in [5.74, 6) is 0.779. The number of piperidine rings is 1. The molecule has 3 aliphatic heterocycles. The van der Waals surface area contributed by atoms with Gasteiger partial charge in [0.05, 0.1) is 16.8 Å². The number of fused-ring (bicyclic) bond motifs is 5. The Morgan fingerprint density at radius 2 is 1.82 bits per heavy atom. The van der Waals surface area contributed by atoms with Crippen LogP contribution < -0.4 is 4.74 Å². The van der Waals surface area contributed by atoms with Crippen LogP contribution in [0.1, 0.15) is 49.8 Å². The molecule has 4 nitrogen and oxygen atoms in total. The molecule has 1 fully saturated rings. The quantitative estimate of drug-likeness (QED) is 0.409.